The molecule has 0 aromatic heterocycles. The third-order valence-electron chi connectivity index (χ3n) is 6.32. The molecule has 1 aliphatic rings. The quantitative estimate of drug-likeness (QED) is 0.150. The van der Waals surface area contributed by atoms with E-state index in [0.29, 0.717) is 37.1 Å². The molecule has 0 unspecified atom stereocenters. The Morgan fingerprint density at radius 2 is 1.55 bits per heavy atom. The van der Waals surface area contributed by atoms with Crippen LogP contribution in [0.25, 0.3) is 6.08 Å². The average Bonchev–Trinajstić information content (AvgIpc) is 3.27. The zero-order valence-corrected chi connectivity index (χ0v) is 25.8. The summed E-state index contributed by atoms with van der Waals surface area (Å²) in [4.78, 5) is 20.4. The van der Waals surface area contributed by atoms with Gasteiger partial charge in [0.1, 0.15) is 4.90 Å². The second-order valence-electron chi connectivity index (χ2n) is 9.27. The number of methoxy groups -OCH3 is 1. The van der Waals surface area contributed by atoms with E-state index in [-0.39, 0.29) is 22.3 Å². The van der Waals surface area contributed by atoms with E-state index in [1.807, 2.05) is 38.1 Å². The van der Waals surface area contributed by atoms with Gasteiger partial charge in [0.25, 0.3) is 5.91 Å². The van der Waals surface area contributed by atoms with Gasteiger partial charge in [0.15, 0.2) is 16.7 Å². The van der Waals surface area contributed by atoms with Crippen molar-refractivity contribution >= 4 is 73.6 Å². The molecule has 0 N–H and O–H groups in total. The smallest absolute Gasteiger partial charge is 0.339 e. The lowest BCUT2D eigenvalue weighted by molar-refractivity contribution is -0.113. The highest BCUT2D eigenvalue weighted by Gasteiger charge is 2.35. The van der Waals surface area contributed by atoms with Gasteiger partial charge in [-0.1, -0.05) is 59.6 Å². The molecule has 1 saturated heterocycles. The van der Waals surface area contributed by atoms with Crippen molar-refractivity contribution in [3.63, 3.8) is 0 Å². The van der Waals surface area contributed by atoms with Crippen molar-refractivity contribution in [2.75, 3.05) is 12.0 Å². The Morgan fingerprint density at radius 3 is 2.21 bits per heavy atom. The fourth-order valence-corrected chi connectivity index (χ4v) is 6.32. The SMILES string of the molecule is COc1cc(/C=C2/SC(=Nc3ccc(C)c(Cl)c3)N(c3ccc(C)c(Cl)c3)C2=O)ccc1OS(=O)(=O)c1ccccc1. The minimum atomic E-state index is -4.07. The number of anilines is 1. The summed E-state index contributed by atoms with van der Waals surface area (Å²) in [5.41, 5.74) is 3.54. The van der Waals surface area contributed by atoms with Crippen LogP contribution < -0.4 is 13.8 Å². The molecule has 1 fully saturated rings. The van der Waals surface area contributed by atoms with E-state index < -0.39 is 10.1 Å². The highest BCUT2D eigenvalue weighted by atomic mass is 35.5. The van der Waals surface area contributed by atoms with Crippen molar-refractivity contribution in [3.8, 4) is 11.5 Å². The van der Waals surface area contributed by atoms with Gasteiger partial charge in [-0.05, 0) is 96.9 Å². The first kappa shape index (κ1) is 29.7. The van der Waals surface area contributed by atoms with Gasteiger partial charge in [-0.25, -0.2) is 4.99 Å². The molecule has 0 spiro atoms. The number of rotatable bonds is 7. The molecule has 214 valence electrons. The van der Waals surface area contributed by atoms with Crippen LogP contribution in [-0.4, -0.2) is 26.6 Å². The van der Waals surface area contributed by atoms with Gasteiger partial charge < -0.3 is 8.92 Å². The van der Waals surface area contributed by atoms with Crippen LogP contribution in [0.1, 0.15) is 16.7 Å². The largest absolute Gasteiger partial charge is 0.493 e. The van der Waals surface area contributed by atoms with E-state index in [0.717, 1.165) is 11.1 Å². The van der Waals surface area contributed by atoms with Crippen LogP contribution in [0.2, 0.25) is 10.0 Å². The summed E-state index contributed by atoms with van der Waals surface area (Å²) in [7, 11) is -2.67. The fourth-order valence-electron chi connectivity index (χ4n) is 4.01. The minimum Gasteiger partial charge on any atom is -0.493 e. The Bertz CT molecular complexity index is 1860. The molecule has 1 aliphatic heterocycles. The van der Waals surface area contributed by atoms with Crippen molar-refractivity contribution in [1.82, 2.24) is 0 Å². The summed E-state index contributed by atoms with van der Waals surface area (Å²) >= 11 is 13.9. The number of hydrogen-bond donors (Lipinski definition) is 0. The number of amides is 1. The minimum absolute atomic E-state index is 0.0170. The predicted octanol–water partition coefficient (Wildman–Crippen LogP) is 8.20. The van der Waals surface area contributed by atoms with Crippen molar-refractivity contribution in [2.45, 2.75) is 18.7 Å². The second kappa shape index (κ2) is 12.2. The van der Waals surface area contributed by atoms with E-state index in [1.54, 1.807) is 48.5 Å². The number of thioether (sulfide) groups is 1. The lowest BCUT2D eigenvalue weighted by Gasteiger charge is -2.16. The molecule has 1 amide bonds. The number of aliphatic imine (C=N–C) groups is 1. The van der Waals surface area contributed by atoms with Gasteiger partial charge in [0.2, 0.25) is 0 Å². The zero-order chi connectivity index (χ0) is 30.0. The molecule has 0 aliphatic carbocycles. The van der Waals surface area contributed by atoms with E-state index >= 15 is 0 Å². The number of nitrogens with zero attached hydrogens (tertiary/aromatic N) is 2. The zero-order valence-electron chi connectivity index (χ0n) is 22.7. The first-order chi connectivity index (χ1) is 20.1. The van der Waals surface area contributed by atoms with E-state index in [2.05, 4.69) is 0 Å². The topological polar surface area (TPSA) is 85.3 Å². The molecule has 4 aromatic carbocycles. The number of amidine groups is 1. The number of carbonyl (C=O) groups excluding carboxylic acids is 1. The van der Waals surface area contributed by atoms with Crippen molar-refractivity contribution in [3.05, 3.63) is 117 Å². The summed E-state index contributed by atoms with van der Waals surface area (Å²) < 4.78 is 36.3. The standard InChI is InChI=1S/C31H24Cl2N2O5S2/c1-19-9-12-22(17-25(19)32)34-31-35(23-13-10-20(2)26(33)18-23)30(36)29(41-31)16-21-11-14-27(28(15-21)39-3)40-42(37,38)24-7-5-4-6-8-24/h4-18H,1-3H3/b29-16+,34-31?. The van der Waals surface area contributed by atoms with E-state index in [1.165, 1.54) is 42.0 Å². The van der Waals surface area contributed by atoms with Crippen LogP contribution in [0.3, 0.4) is 0 Å². The fraction of sp³-hybridized carbons (Fsp3) is 0.0968. The Kier molecular flexibility index (Phi) is 8.65. The third-order valence-corrected chi connectivity index (χ3v) is 9.35. The van der Waals surface area contributed by atoms with Crippen LogP contribution in [0.15, 0.2) is 99.7 Å². The van der Waals surface area contributed by atoms with Crippen molar-refractivity contribution in [1.29, 1.82) is 0 Å². The Hall–Kier alpha value is -3.76. The monoisotopic (exact) mass is 638 g/mol. The summed E-state index contributed by atoms with van der Waals surface area (Å²) in [5, 5.41) is 1.51. The van der Waals surface area contributed by atoms with Gasteiger partial charge in [-0.2, -0.15) is 8.42 Å². The highest BCUT2D eigenvalue weighted by molar-refractivity contribution is 8.19. The molecule has 7 nitrogen and oxygen atoms in total. The van der Waals surface area contributed by atoms with Crippen molar-refractivity contribution < 1.29 is 22.1 Å². The van der Waals surface area contributed by atoms with E-state index in [9.17, 15) is 13.2 Å². The van der Waals surface area contributed by atoms with Gasteiger partial charge >= 0.3 is 10.1 Å². The number of hydrogen-bond acceptors (Lipinski definition) is 7. The molecule has 0 saturated carbocycles. The second-order valence-corrected chi connectivity index (χ2v) is 12.6. The van der Waals surface area contributed by atoms with Gasteiger partial charge in [0.05, 0.1) is 23.4 Å². The number of ether oxygens (including phenoxy) is 1. The molecular formula is C31H24Cl2N2O5S2. The highest BCUT2D eigenvalue weighted by Crippen LogP contribution is 2.40. The maximum absolute atomic E-state index is 13.7. The molecule has 0 radical (unpaired) electrons. The first-order valence-electron chi connectivity index (χ1n) is 12.6. The van der Waals surface area contributed by atoms with Gasteiger partial charge in [-0.15, -0.1) is 0 Å². The Labute approximate surface area is 258 Å². The number of halogens is 2. The molecular weight excluding hydrogens is 615 g/mol. The van der Waals surface area contributed by atoms with Crippen LogP contribution in [0.5, 0.6) is 11.5 Å². The third kappa shape index (κ3) is 6.34. The normalized spacial score (nSPS) is 15.5. The summed E-state index contributed by atoms with van der Waals surface area (Å²) in [6.45, 7) is 3.78. The van der Waals surface area contributed by atoms with Crippen LogP contribution in [-0.2, 0) is 14.9 Å². The summed E-state index contributed by atoms with van der Waals surface area (Å²) in [6, 6.07) is 23.3. The van der Waals surface area contributed by atoms with Crippen LogP contribution in [0, 0.1) is 13.8 Å². The average molecular weight is 640 g/mol. The molecule has 5 rings (SSSR count). The van der Waals surface area contributed by atoms with Gasteiger partial charge in [0, 0.05) is 10.0 Å². The summed E-state index contributed by atoms with van der Waals surface area (Å²) in [6.07, 6.45) is 1.68. The number of aryl methyl sites for hydroxylation is 2. The van der Waals surface area contributed by atoms with Gasteiger partial charge in [-0.3, -0.25) is 9.69 Å². The maximum Gasteiger partial charge on any atom is 0.339 e. The van der Waals surface area contributed by atoms with E-state index in [4.69, 9.17) is 37.1 Å². The maximum atomic E-state index is 13.7. The van der Waals surface area contributed by atoms with Crippen LogP contribution >= 0.6 is 35.0 Å². The molecule has 11 heteroatoms. The lowest BCUT2D eigenvalue weighted by Crippen LogP contribution is -2.28. The number of carbonyl (C=O) groups is 1. The summed E-state index contributed by atoms with van der Waals surface area (Å²) in [5.74, 6) is -0.101. The number of benzene rings is 4. The molecule has 1 heterocycles. The predicted molar refractivity (Wildman–Crippen MR) is 170 cm³/mol. The lowest BCUT2D eigenvalue weighted by atomic mass is 10.1. The first-order valence-corrected chi connectivity index (χ1v) is 15.6. The molecule has 0 atom stereocenters. The molecule has 0 bridgehead atoms. The Balaban J connectivity index is 1.51. The van der Waals surface area contributed by atoms with Crippen LogP contribution in [0.4, 0.5) is 11.4 Å². The Morgan fingerprint density at radius 1 is 0.857 bits per heavy atom. The van der Waals surface area contributed by atoms with Crippen molar-refractivity contribution in [2.24, 2.45) is 4.99 Å². The molecule has 42 heavy (non-hydrogen) atoms. The molecule has 4 aromatic rings.